The summed E-state index contributed by atoms with van der Waals surface area (Å²) >= 11 is 1.44. The van der Waals surface area contributed by atoms with E-state index in [1.54, 1.807) is 0 Å². The third-order valence-corrected chi connectivity index (χ3v) is 4.64. The molecule has 2 fully saturated rings. The van der Waals surface area contributed by atoms with Gasteiger partial charge in [0.05, 0.1) is 11.6 Å². The Morgan fingerprint density at radius 1 is 1.50 bits per heavy atom. The molecule has 1 saturated heterocycles. The first-order valence-electron chi connectivity index (χ1n) is 7.10. The molecule has 3 rings (SSSR count). The van der Waals surface area contributed by atoms with Gasteiger partial charge in [-0.15, -0.1) is 11.3 Å². The van der Waals surface area contributed by atoms with Gasteiger partial charge in [0.2, 0.25) is 11.8 Å². The maximum absolute atomic E-state index is 12.2. The summed E-state index contributed by atoms with van der Waals surface area (Å²) in [6.45, 7) is 4.71. The Morgan fingerprint density at radius 2 is 2.25 bits per heavy atom. The van der Waals surface area contributed by atoms with E-state index in [-0.39, 0.29) is 17.7 Å². The van der Waals surface area contributed by atoms with Crippen LogP contribution in [0.15, 0.2) is 5.38 Å². The molecule has 0 bridgehead atoms. The maximum Gasteiger partial charge on any atom is 0.231 e. The van der Waals surface area contributed by atoms with Gasteiger partial charge in [-0.05, 0) is 18.8 Å². The monoisotopic (exact) mass is 293 g/mol. The first-order chi connectivity index (χ1) is 9.54. The highest BCUT2D eigenvalue weighted by molar-refractivity contribution is 7.13. The minimum Gasteiger partial charge on any atom is -0.339 e. The van der Waals surface area contributed by atoms with Crippen molar-refractivity contribution in [3.63, 3.8) is 0 Å². The molecule has 2 aliphatic rings. The zero-order valence-electron chi connectivity index (χ0n) is 11.8. The standard InChI is InChI=1S/C14H19N3O2S/c1-8(2)11-7-20-14(15-11)16-13(19)9-5-12(18)17(6-9)10-3-4-10/h7-10H,3-6H2,1-2H3,(H,15,16,19)/t9-/m1/s1. The van der Waals surface area contributed by atoms with Crippen LogP contribution >= 0.6 is 11.3 Å². The molecule has 0 radical (unpaired) electrons. The third-order valence-electron chi connectivity index (χ3n) is 3.86. The van der Waals surface area contributed by atoms with Gasteiger partial charge in [0.25, 0.3) is 0 Å². The Labute approximate surface area is 122 Å². The number of aromatic nitrogens is 1. The van der Waals surface area contributed by atoms with Crippen molar-refractivity contribution in [1.82, 2.24) is 9.88 Å². The smallest absolute Gasteiger partial charge is 0.231 e. The van der Waals surface area contributed by atoms with Gasteiger partial charge in [0, 0.05) is 24.4 Å². The van der Waals surface area contributed by atoms with Gasteiger partial charge in [-0.25, -0.2) is 4.98 Å². The van der Waals surface area contributed by atoms with E-state index in [2.05, 4.69) is 24.1 Å². The number of likely N-dealkylation sites (tertiary alicyclic amines) is 1. The van der Waals surface area contributed by atoms with E-state index < -0.39 is 0 Å². The summed E-state index contributed by atoms with van der Waals surface area (Å²) in [4.78, 5) is 30.3. The molecule has 1 aliphatic heterocycles. The van der Waals surface area contributed by atoms with Crippen molar-refractivity contribution in [3.05, 3.63) is 11.1 Å². The second kappa shape index (κ2) is 5.16. The van der Waals surface area contributed by atoms with E-state index in [9.17, 15) is 9.59 Å². The van der Waals surface area contributed by atoms with Crippen LogP contribution in [0.5, 0.6) is 0 Å². The summed E-state index contributed by atoms with van der Waals surface area (Å²) in [5, 5.41) is 5.45. The molecule has 6 heteroatoms. The number of rotatable bonds is 4. The summed E-state index contributed by atoms with van der Waals surface area (Å²) in [5.41, 5.74) is 0.993. The Kier molecular flexibility index (Phi) is 3.50. The molecule has 2 heterocycles. The molecule has 1 atom stereocenters. The quantitative estimate of drug-likeness (QED) is 0.926. The van der Waals surface area contributed by atoms with E-state index in [4.69, 9.17) is 0 Å². The molecule has 5 nitrogen and oxygen atoms in total. The number of carbonyl (C=O) groups excluding carboxylic acids is 2. The molecular weight excluding hydrogens is 274 g/mol. The fraction of sp³-hybridized carbons (Fsp3) is 0.643. The summed E-state index contributed by atoms with van der Waals surface area (Å²) in [6, 6.07) is 0.396. The van der Waals surface area contributed by atoms with Crippen molar-refractivity contribution in [2.24, 2.45) is 5.92 Å². The minimum atomic E-state index is -0.227. The highest BCUT2D eigenvalue weighted by atomic mass is 32.1. The Morgan fingerprint density at radius 3 is 2.85 bits per heavy atom. The van der Waals surface area contributed by atoms with Gasteiger partial charge in [0.15, 0.2) is 5.13 Å². The van der Waals surface area contributed by atoms with E-state index in [0.29, 0.717) is 30.1 Å². The lowest BCUT2D eigenvalue weighted by Crippen LogP contribution is -2.29. The van der Waals surface area contributed by atoms with Gasteiger partial charge in [-0.1, -0.05) is 13.8 Å². The first kappa shape index (κ1) is 13.5. The second-order valence-electron chi connectivity index (χ2n) is 5.90. The van der Waals surface area contributed by atoms with Gasteiger partial charge in [0.1, 0.15) is 0 Å². The topological polar surface area (TPSA) is 62.3 Å². The van der Waals surface area contributed by atoms with E-state index in [1.807, 2.05) is 10.3 Å². The molecule has 1 aromatic rings. The van der Waals surface area contributed by atoms with Gasteiger partial charge < -0.3 is 10.2 Å². The highest BCUT2D eigenvalue weighted by Crippen LogP contribution is 2.33. The van der Waals surface area contributed by atoms with Crippen LogP contribution < -0.4 is 5.32 Å². The van der Waals surface area contributed by atoms with Crippen molar-refractivity contribution < 1.29 is 9.59 Å². The molecule has 1 aromatic heterocycles. The van der Waals surface area contributed by atoms with Crippen molar-refractivity contribution in [2.45, 2.75) is 45.1 Å². The number of amides is 2. The number of thiazole rings is 1. The van der Waals surface area contributed by atoms with Gasteiger partial charge >= 0.3 is 0 Å². The fourth-order valence-electron chi connectivity index (χ4n) is 2.46. The van der Waals surface area contributed by atoms with E-state index in [0.717, 1.165) is 18.5 Å². The zero-order chi connectivity index (χ0) is 14.3. The molecule has 0 aromatic carbocycles. The Bertz CT molecular complexity index is 536. The lowest BCUT2D eigenvalue weighted by molar-refractivity contribution is -0.128. The number of carbonyl (C=O) groups is 2. The normalized spacial score (nSPS) is 22.6. The minimum absolute atomic E-state index is 0.0776. The van der Waals surface area contributed by atoms with Crippen LogP contribution in [0, 0.1) is 5.92 Å². The number of nitrogens with zero attached hydrogens (tertiary/aromatic N) is 2. The van der Waals surface area contributed by atoms with Crippen LogP contribution in [0.3, 0.4) is 0 Å². The van der Waals surface area contributed by atoms with E-state index >= 15 is 0 Å². The van der Waals surface area contributed by atoms with Crippen LogP contribution in [0.1, 0.15) is 44.7 Å². The third kappa shape index (κ3) is 2.70. The molecule has 0 spiro atoms. The molecular formula is C14H19N3O2S. The SMILES string of the molecule is CC(C)c1csc(NC(=O)[C@@H]2CC(=O)N(C3CC3)C2)n1. The first-order valence-corrected chi connectivity index (χ1v) is 7.98. The Balaban J connectivity index is 1.60. The molecule has 1 saturated carbocycles. The van der Waals surface area contributed by atoms with E-state index in [1.165, 1.54) is 11.3 Å². The average molecular weight is 293 g/mol. The number of hydrogen-bond donors (Lipinski definition) is 1. The van der Waals surface area contributed by atoms with Crippen molar-refractivity contribution in [2.75, 3.05) is 11.9 Å². The van der Waals surface area contributed by atoms with Crippen molar-refractivity contribution >= 4 is 28.3 Å². The predicted molar refractivity (Wildman–Crippen MR) is 77.7 cm³/mol. The number of nitrogens with one attached hydrogen (secondary N) is 1. The van der Waals surface area contributed by atoms with Crippen LogP contribution in [0.4, 0.5) is 5.13 Å². The van der Waals surface area contributed by atoms with Crippen molar-refractivity contribution in [3.8, 4) is 0 Å². The molecule has 20 heavy (non-hydrogen) atoms. The Hall–Kier alpha value is -1.43. The largest absolute Gasteiger partial charge is 0.339 e. The summed E-state index contributed by atoms with van der Waals surface area (Å²) in [6.07, 6.45) is 2.51. The van der Waals surface area contributed by atoms with Crippen LogP contribution in [-0.2, 0) is 9.59 Å². The predicted octanol–water partition coefficient (Wildman–Crippen LogP) is 2.22. The fourth-order valence-corrected chi connectivity index (χ4v) is 3.34. The average Bonchev–Trinajstić information content (AvgIpc) is 2.99. The molecule has 2 amide bonds. The highest BCUT2D eigenvalue weighted by Gasteiger charge is 2.41. The number of anilines is 1. The molecule has 1 aliphatic carbocycles. The molecule has 108 valence electrons. The summed E-state index contributed by atoms with van der Waals surface area (Å²) in [5.74, 6) is 0.172. The summed E-state index contributed by atoms with van der Waals surface area (Å²) < 4.78 is 0. The number of hydrogen-bond acceptors (Lipinski definition) is 4. The lowest BCUT2D eigenvalue weighted by atomic mass is 10.1. The van der Waals surface area contributed by atoms with Crippen LogP contribution in [0.2, 0.25) is 0 Å². The lowest BCUT2D eigenvalue weighted by Gasteiger charge is -2.14. The van der Waals surface area contributed by atoms with Gasteiger partial charge in [-0.3, -0.25) is 9.59 Å². The van der Waals surface area contributed by atoms with Crippen LogP contribution in [0.25, 0.3) is 0 Å². The molecule has 0 unspecified atom stereocenters. The summed E-state index contributed by atoms with van der Waals surface area (Å²) in [7, 11) is 0. The second-order valence-corrected chi connectivity index (χ2v) is 6.76. The maximum atomic E-state index is 12.2. The van der Waals surface area contributed by atoms with Crippen molar-refractivity contribution in [1.29, 1.82) is 0 Å². The molecule has 1 N–H and O–H groups in total. The van der Waals surface area contributed by atoms with Crippen LogP contribution in [-0.4, -0.2) is 34.3 Å². The zero-order valence-corrected chi connectivity index (χ0v) is 12.6. The van der Waals surface area contributed by atoms with Gasteiger partial charge in [-0.2, -0.15) is 0 Å².